The van der Waals surface area contributed by atoms with Crippen LogP contribution in [-0.4, -0.2) is 43.6 Å². The molecule has 0 amide bonds. The maximum absolute atomic E-state index is 9.43. The number of aliphatic hydroxyl groups excluding tert-OH is 1. The van der Waals surface area contributed by atoms with Gasteiger partial charge in [-0.25, -0.2) is 0 Å². The highest BCUT2D eigenvalue weighted by Gasteiger charge is 2.34. The first-order valence-electron chi connectivity index (χ1n) is 6.92. The van der Waals surface area contributed by atoms with Gasteiger partial charge in [-0.2, -0.15) is 0 Å². The van der Waals surface area contributed by atoms with Crippen molar-refractivity contribution in [3.63, 3.8) is 0 Å². The molecule has 1 aromatic carbocycles. The van der Waals surface area contributed by atoms with Gasteiger partial charge in [-0.3, -0.25) is 0 Å². The van der Waals surface area contributed by atoms with Gasteiger partial charge in [-0.15, -0.1) is 0 Å². The van der Waals surface area contributed by atoms with Gasteiger partial charge in [0, 0.05) is 35.9 Å². The number of benzene rings is 1. The Labute approximate surface area is 125 Å². The summed E-state index contributed by atoms with van der Waals surface area (Å²) in [5, 5.41) is 13.3. The zero-order chi connectivity index (χ0) is 14.8. The average Bonchev–Trinajstić information content (AvgIpc) is 2.39. The Morgan fingerprint density at radius 3 is 2.90 bits per heavy atom. The standard InChI is InChI=1S/C15H23ClN2O2/c1-15(2)10-18(8-11(9-19)20-15)14-6-4-5-13(16)12(14)7-17-3/h4-6,11,17,19H,7-10H2,1-3H3. The fourth-order valence-corrected chi connectivity index (χ4v) is 3.01. The Kier molecular flexibility index (Phi) is 4.91. The van der Waals surface area contributed by atoms with Crippen LogP contribution in [0.2, 0.25) is 5.02 Å². The minimum absolute atomic E-state index is 0.0296. The number of rotatable bonds is 4. The van der Waals surface area contributed by atoms with Crippen LogP contribution < -0.4 is 10.2 Å². The minimum Gasteiger partial charge on any atom is -0.394 e. The third-order valence-electron chi connectivity index (χ3n) is 3.47. The van der Waals surface area contributed by atoms with Crippen LogP contribution in [0.1, 0.15) is 19.4 Å². The van der Waals surface area contributed by atoms with E-state index < -0.39 is 0 Å². The molecule has 1 fully saturated rings. The molecular weight excluding hydrogens is 276 g/mol. The van der Waals surface area contributed by atoms with Gasteiger partial charge < -0.3 is 20.1 Å². The van der Waals surface area contributed by atoms with Crippen LogP contribution in [0.15, 0.2) is 18.2 Å². The Hall–Kier alpha value is -0.810. The molecular formula is C15H23ClN2O2. The number of hydrogen-bond donors (Lipinski definition) is 2. The summed E-state index contributed by atoms with van der Waals surface area (Å²) in [7, 11) is 1.91. The molecule has 0 saturated carbocycles. The van der Waals surface area contributed by atoms with Crippen LogP contribution in [0.25, 0.3) is 0 Å². The summed E-state index contributed by atoms with van der Waals surface area (Å²) in [5.74, 6) is 0. The quantitative estimate of drug-likeness (QED) is 0.893. The van der Waals surface area contributed by atoms with Gasteiger partial charge in [0.2, 0.25) is 0 Å². The van der Waals surface area contributed by atoms with Crippen molar-refractivity contribution in [3.05, 3.63) is 28.8 Å². The number of morpholine rings is 1. The summed E-state index contributed by atoms with van der Waals surface area (Å²) >= 11 is 6.32. The molecule has 0 radical (unpaired) electrons. The molecule has 1 heterocycles. The molecule has 112 valence electrons. The summed E-state index contributed by atoms with van der Waals surface area (Å²) in [6, 6.07) is 5.95. The fraction of sp³-hybridized carbons (Fsp3) is 0.600. The van der Waals surface area contributed by atoms with Crippen LogP contribution in [0, 0.1) is 0 Å². The Bertz CT molecular complexity index is 465. The van der Waals surface area contributed by atoms with Crippen LogP contribution in [0.4, 0.5) is 5.69 Å². The van der Waals surface area contributed by atoms with Crippen molar-refractivity contribution < 1.29 is 9.84 Å². The van der Waals surface area contributed by atoms with Crippen molar-refractivity contribution in [3.8, 4) is 0 Å². The van der Waals surface area contributed by atoms with E-state index in [1.54, 1.807) is 0 Å². The van der Waals surface area contributed by atoms with E-state index >= 15 is 0 Å². The Morgan fingerprint density at radius 1 is 1.50 bits per heavy atom. The van der Waals surface area contributed by atoms with Crippen molar-refractivity contribution in [2.24, 2.45) is 0 Å². The van der Waals surface area contributed by atoms with Gasteiger partial charge in [-0.1, -0.05) is 17.7 Å². The van der Waals surface area contributed by atoms with Gasteiger partial charge in [0.25, 0.3) is 0 Å². The number of aliphatic hydroxyl groups is 1. The lowest BCUT2D eigenvalue weighted by atomic mass is 10.0. The number of ether oxygens (including phenoxy) is 1. The molecule has 4 nitrogen and oxygen atoms in total. The largest absolute Gasteiger partial charge is 0.394 e. The molecule has 1 unspecified atom stereocenters. The first-order chi connectivity index (χ1) is 9.46. The lowest BCUT2D eigenvalue weighted by molar-refractivity contribution is -0.101. The van der Waals surface area contributed by atoms with Crippen LogP contribution >= 0.6 is 11.6 Å². The third kappa shape index (κ3) is 3.44. The lowest BCUT2D eigenvalue weighted by Gasteiger charge is -2.44. The topological polar surface area (TPSA) is 44.7 Å². The van der Waals surface area contributed by atoms with E-state index in [9.17, 15) is 5.11 Å². The molecule has 0 bridgehead atoms. The third-order valence-corrected chi connectivity index (χ3v) is 3.83. The average molecular weight is 299 g/mol. The second kappa shape index (κ2) is 6.31. The summed E-state index contributed by atoms with van der Waals surface area (Å²) in [6.07, 6.45) is -0.167. The monoisotopic (exact) mass is 298 g/mol. The van der Waals surface area contributed by atoms with E-state index in [2.05, 4.69) is 16.3 Å². The Morgan fingerprint density at radius 2 is 2.25 bits per heavy atom. The van der Waals surface area contributed by atoms with Crippen LogP contribution in [0.5, 0.6) is 0 Å². The molecule has 5 heteroatoms. The normalized spacial score (nSPS) is 22.1. The van der Waals surface area contributed by atoms with Crippen molar-refractivity contribution in [1.29, 1.82) is 0 Å². The smallest absolute Gasteiger partial charge is 0.0988 e. The summed E-state index contributed by atoms with van der Waals surface area (Å²) in [4.78, 5) is 2.25. The summed E-state index contributed by atoms with van der Waals surface area (Å²) < 4.78 is 5.86. The second-order valence-electron chi connectivity index (χ2n) is 5.83. The van der Waals surface area contributed by atoms with E-state index in [4.69, 9.17) is 16.3 Å². The molecule has 2 rings (SSSR count). The van der Waals surface area contributed by atoms with Gasteiger partial charge in [0.1, 0.15) is 0 Å². The van der Waals surface area contributed by atoms with Crippen molar-refractivity contribution >= 4 is 17.3 Å². The Balaban J connectivity index is 2.32. The zero-order valence-corrected chi connectivity index (χ0v) is 13.1. The van der Waals surface area contributed by atoms with Gasteiger partial charge in [0.05, 0.1) is 18.3 Å². The molecule has 1 aliphatic rings. The summed E-state index contributed by atoms with van der Waals surface area (Å²) in [6.45, 7) is 6.30. The van der Waals surface area contributed by atoms with E-state index in [-0.39, 0.29) is 18.3 Å². The highest BCUT2D eigenvalue weighted by molar-refractivity contribution is 6.31. The number of halogens is 1. The summed E-state index contributed by atoms with van der Waals surface area (Å²) in [5.41, 5.74) is 1.91. The first-order valence-corrected chi connectivity index (χ1v) is 7.30. The minimum atomic E-state index is -0.287. The highest BCUT2D eigenvalue weighted by Crippen LogP contribution is 2.32. The zero-order valence-electron chi connectivity index (χ0n) is 12.3. The predicted molar refractivity (Wildman–Crippen MR) is 82.5 cm³/mol. The van der Waals surface area contributed by atoms with E-state index in [0.29, 0.717) is 6.54 Å². The van der Waals surface area contributed by atoms with Crippen molar-refractivity contribution in [2.75, 3.05) is 31.6 Å². The van der Waals surface area contributed by atoms with Gasteiger partial charge in [0.15, 0.2) is 0 Å². The second-order valence-corrected chi connectivity index (χ2v) is 6.24. The number of hydrogen-bond acceptors (Lipinski definition) is 4. The molecule has 20 heavy (non-hydrogen) atoms. The molecule has 1 saturated heterocycles. The van der Waals surface area contributed by atoms with Crippen LogP contribution in [0.3, 0.4) is 0 Å². The molecule has 1 aliphatic heterocycles. The molecule has 2 N–H and O–H groups in total. The lowest BCUT2D eigenvalue weighted by Crippen LogP contribution is -2.54. The number of anilines is 1. The van der Waals surface area contributed by atoms with Gasteiger partial charge in [-0.05, 0) is 33.0 Å². The number of nitrogens with zero attached hydrogens (tertiary/aromatic N) is 1. The molecule has 0 spiro atoms. The maximum Gasteiger partial charge on any atom is 0.0988 e. The SMILES string of the molecule is CNCc1c(Cl)cccc1N1CC(CO)OC(C)(C)C1. The molecule has 1 atom stereocenters. The van der Waals surface area contributed by atoms with E-state index in [1.807, 2.05) is 33.0 Å². The predicted octanol–water partition coefficient (Wildman–Crippen LogP) is 2.04. The van der Waals surface area contributed by atoms with E-state index in [1.165, 1.54) is 0 Å². The molecule has 1 aromatic rings. The highest BCUT2D eigenvalue weighted by atomic mass is 35.5. The fourth-order valence-electron chi connectivity index (χ4n) is 2.77. The van der Waals surface area contributed by atoms with Crippen LogP contribution in [-0.2, 0) is 11.3 Å². The molecule has 0 aromatic heterocycles. The maximum atomic E-state index is 9.43. The number of nitrogens with one attached hydrogen (secondary N) is 1. The van der Waals surface area contributed by atoms with E-state index in [0.717, 1.165) is 29.4 Å². The van der Waals surface area contributed by atoms with Crippen molar-refractivity contribution in [1.82, 2.24) is 5.32 Å². The molecule has 0 aliphatic carbocycles. The van der Waals surface area contributed by atoms with Gasteiger partial charge >= 0.3 is 0 Å². The van der Waals surface area contributed by atoms with Crippen molar-refractivity contribution in [2.45, 2.75) is 32.1 Å². The first kappa shape index (κ1) is 15.6.